The highest BCUT2D eigenvalue weighted by molar-refractivity contribution is 5.74. The number of aromatic amines is 1. The number of para-hydroxylation sites is 2. The Morgan fingerprint density at radius 2 is 2.10 bits per heavy atom. The highest BCUT2D eigenvalue weighted by Gasteiger charge is 2.41. The molecule has 20 heavy (non-hydrogen) atoms. The molecule has 1 aromatic carbocycles. The Kier molecular flexibility index (Phi) is 3.96. The Hall–Kier alpha value is -2.05. The topological polar surface area (TPSA) is 55.0 Å². The molecule has 1 N–H and O–H groups in total. The zero-order chi connectivity index (χ0) is 14.8. The summed E-state index contributed by atoms with van der Waals surface area (Å²) in [6, 6.07) is 6.95. The van der Waals surface area contributed by atoms with Gasteiger partial charge in [-0.25, -0.2) is 4.98 Å². The van der Waals surface area contributed by atoms with Crippen LogP contribution in [0.1, 0.15) is 12.2 Å². The number of hydrogen-bond acceptors (Lipinski definition) is 3. The average molecular weight is 286 g/mol. The van der Waals surface area contributed by atoms with Gasteiger partial charge in [0.15, 0.2) is 0 Å². The third kappa shape index (κ3) is 3.28. The van der Waals surface area contributed by atoms with E-state index in [4.69, 9.17) is 0 Å². The van der Waals surface area contributed by atoms with E-state index in [1.54, 1.807) is 24.3 Å². The van der Waals surface area contributed by atoms with Gasteiger partial charge in [0.2, 0.25) is 0 Å². The van der Waals surface area contributed by atoms with E-state index in [2.05, 4.69) is 14.7 Å². The fraction of sp³-hybridized carbons (Fsp3) is 0.385. The van der Waals surface area contributed by atoms with Crippen molar-refractivity contribution in [1.29, 1.82) is 0 Å². The molecule has 0 saturated carbocycles. The molecule has 0 aliphatic heterocycles. The highest BCUT2D eigenvalue weighted by atomic mass is 19.4. The van der Waals surface area contributed by atoms with Crippen LogP contribution in [0.5, 0.6) is 0 Å². The first-order valence-corrected chi connectivity index (χ1v) is 5.97. The Balaban J connectivity index is 2.20. The minimum absolute atomic E-state index is 0.206. The third-order valence-corrected chi connectivity index (χ3v) is 2.98. The van der Waals surface area contributed by atoms with Crippen molar-refractivity contribution in [3.05, 3.63) is 30.1 Å². The molecule has 1 heterocycles. The lowest BCUT2D eigenvalue weighted by molar-refractivity contribution is -0.183. The quantitative estimate of drug-likeness (QED) is 0.879. The molecule has 2 aromatic rings. The van der Waals surface area contributed by atoms with E-state index in [-0.39, 0.29) is 12.2 Å². The standard InChI is InChI=1S/C13H13F3N2O2/c1-20-12(19)7-8(13(14,15)16)6-11-17-9-4-2-3-5-10(9)18-11/h2-5,8H,6-7H2,1H3,(H,17,18)/t8-/m0/s1. The molecule has 108 valence electrons. The van der Waals surface area contributed by atoms with Gasteiger partial charge in [0, 0.05) is 6.42 Å². The number of methoxy groups -OCH3 is 1. The van der Waals surface area contributed by atoms with Gasteiger partial charge in [-0.2, -0.15) is 13.2 Å². The van der Waals surface area contributed by atoms with E-state index in [0.29, 0.717) is 11.0 Å². The lowest BCUT2D eigenvalue weighted by Crippen LogP contribution is -2.28. The smallest absolute Gasteiger partial charge is 0.392 e. The summed E-state index contributed by atoms with van der Waals surface area (Å²) in [6.07, 6.45) is -5.57. The number of H-pyrrole nitrogens is 1. The summed E-state index contributed by atoms with van der Waals surface area (Å²) >= 11 is 0. The van der Waals surface area contributed by atoms with Crippen molar-refractivity contribution in [1.82, 2.24) is 9.97 Å². The van der Waals surface area contributed by atoms with Crippen LogP contribution in [0, 0.1) is 5.92 Å². The third-order valence-electron chi connectivity index (χ3n) is 2.98. The first-order chi connectivity index (χ1) is 9.40. The molecule has 0 radical (unpaired) electrons. The van der Waals surface area contributed by atoms with Gasteiger partial charge < -0.3 is 9.72 Å². The van der Waals surface area contributed by atoms with Gasteiger partial charge in [-0.3, -0.25) is 4.79 Å². The van der Waals surface area contributed by atoms with E-state index in [1.165, 1.54) is 0 Å². The first-order valence-electron chi connectivity index (χ1n) is 5.97. The van der Waals surface area contributed by atoms with Crippen molar-refractivity contribution in [2.24, 2.45) is 5.92 Å². The maximum absolute atomic E-state index is 12.9. The van der Waals surface area contributed by atoms with Crippen molar-refractivity contribution < 1.29 is 22.7 Å². The number of alkyl halides is 3. The van der Waals surface area contributed by atoms with Crippen LogP contribution in [-0.2, 0) is 16.0 Å². The van der Waals surface area contributed by atoms with Crippen molar-refractivity contribution in [2.75, 3.05) is 7.11 Å². The van der Waals surface area contributed by atoms with Crippen LogP contribution < -0.4 is 0 Å². The second-order valence-electron chi connectivity index (χ2n) is 4.42. The molecule has 0 unspecified atom stereocenters. The minimum atomic E-state index is -4.48. The Labute approximate surface area is 113 Å². The molecule has 0 bridgehead atoms. The minimum Gasteiger partial charge on any atom is -0.469 e. The Bertz CT molecular complexity index is 574. The predicted octanol–water partition coefficient (Wildman–Crippen LogP) is 2.85. The monoisotopic (exact) mass is 286 g/mol. The van der Waals surface area contributed by atoms with E-state index in [1.807, 2.05) is 0 Å². The maximum Gasteiger partial charge on any atom is 0.392 e. The van der Waals surface area contributed by atoms with E-state index < -0.39 is 24.5 Å². The van der Waals surface area contributed by atoms with E-state index in [0.717, 1.165) is 7.11 Å². The van der Waals surface area contributed by atoms with Crippen LogP contribution in [0.15, 0.2) is 24.3 Å². The number of benzene rings is 1. The van der Waals surface area contributed by atoms with Crippen molar-refractivity contribution in [2.45, 2.75) is 19.0 Å². The number of carbonyl (C=O) groups is 1. The molecular weight excluding hydrogens is 273 g/mol. The first kappa shape index (κ1) is 14.4. The summed E-state index contributed by atoms with van der Waals surface area (Å²) in [5.74, 6) is -2.49. The SMILES string of the molecule is COC(=O)C[C@H](Cc1nc2ccccc2[nH]1)C(F)(F)F. The number of esters is 1. The van der Waals surface area contributed by atoms with Gasteiger partial charge in [-0.1, -0.05) is 12.1 Å². The second-order valence-corrected chi connectivity index (χ2v) is 4.42. The number of rotatable bonds is 4. The Morgan fingerprint density at radius 1 is 1.40 bits per heavy atom. The number of halogens is 3. The van der Waals surface area contributed by atoms with Crippen LogP contribution in [0.3, 0.4) is 0 Å². The fourth-order valence-electron chi connectivity index (χ4n) is 1.92. The molecule has 0 aliphatic carbocycles. The van der Waals surface area contributed by atoms with Crippen molar-refractivity contribution >= 4 is 17.0 Å². The number of ether oxygens (including phenoxy) is 1. The van der Waals surface area contributed by atoms with Crippen LogP contribution >= 0.6 is 0 Å². The molecule has 0 aliphatic rings. The summed E-state index contributed by atoms with van der Waals surface area (Å²) in [4.78, 5) is 18.0. The lowest BCUT2D eigenvalue weighted by atomic mass is 10.0. The van der Waals surface area contributed by atoms with Crippen molar-refractivity contribution in [3.8, 4) is 0 Å². The van der Waals surface area contributed by atoms with Gasteiger partial charge in [0.25, 0.3) is 0 Å². The normalized spacial score (nSPS) is 13.4. The highest BCUT2D eigenvalue weighted by Crippen LogP contribution is 2.31. The summed E-state index contributed by atoms with van der Waals surface area (Å²) < 4.78 is 43.0. The average Bonchev–Trinajstić information content (AvgIpc) is 2.79. The number of nitrogens with one attached hydrogen (secondary N) is 1. The maximum atomic E-state index is 12.9. The van der Waals surface area contributed by atoms with E-state index in [9.17, 15) is 18.0 Å². The molecule has 2 rings (SSSR count). The molecule has 0 saturated heterocycles. The summed E-state index contributed by atoms with van der Waals surface area (Å²) in [6.45, 7) is 0. The molecule has 7 heteroatoms. The van der Waals surface area contributed by atoms with Crippen LogP contribution in [-0.4, -0.2) is 29.2 Å². The summed E-state index contributed by atoms with van der Waals surface area (Å²) in [5, 5.41) is 0. The number of fused-ring (bicyclic) bond motifs is 1. The van der Waals surface area contributed by atoms with Gasteiger partial charge >= 0.3 is 12.1 Å². The Morgan fingerprint density at radius 3 is 2.70 bits per heavy atom. The van der Waals surface area contributed by atoms with Gasteiger partial charge in [-0.05, 0) is 12.1 Å². The summed E-state index contributed by atoms with van der Waals surface area (Å²) in [5.41, 5.74) is 1.27. The molecule has 0 amide bonds. The number of carbonyl (C=O) groups excluding carboxylic acids is 1. The molecule has 0 fully saturated rings. The number of hydrogen-bond donors (Lipinski definition) is 1. The molecule has 0 spiro atoms. The fourth-order valence-corrected chi connectivity index (χ4v) is 1.92. The second kappa shape index (κ2) is 5.52. The summed E-state index contributed by atoms with van der Waals surface area (Å²) in [7, 11) is 1.07. The predicted molar refractivity (Wildman–Crippen MR) is 66.0 cm³/mol. The molecule has 1 atom stereocenters. The molecular formula is C13H13F3N2O2. The van der Waals surface area contributed by atoms with Gasteiger partial charge in [0.1, 0.15) is 5.82 Å². The largest absolute Gasteiger partial charge is 0.469 e. The molecule has 1 aromatic heterocycles. The van der Waals surface area contributed by atoms with Gasteiger partial charge in [0.05, 0.1) is 30.5 Å². The number of nitrogens with zero attached hydrogens (tertiary/aromatic N) is 1. The molecule has 4 nitrogen and oxygen atoms in total. The van der Waals surface area contributed by atoms with Crippen molar-refractivity contribution in [3.63, 3.8) is 0 Å². The zero-order valence-corrected chi connectivity index (χ0v) is 10.7. The van der Waals surface area contributed by atoms with Crippen LogP contribution in [0.2, 0.25) is 0 Å². The number of imidazole rings is 1. The zero-order valence-electron chi connectivity index (χ0n) is 10.7. The number of aromatic nitrogens is 2. The van der Waals surface area contributed by atoms with Gasteiger partial charge in [-0.15, -0.1) is 0 Å². The van der Waals surface area contributed by atoms with Crippen LogP contribution in [0.25, 0.3) is 11.0 Å². The van der Waals surface area contributed by atoms with E-state index >= 15 is 0 Å². The lowest BCUT2D eigenvalue weighted by Gasteiger charge is -2.17. The van der Waals surface area contributed by atoms with Crippen LogP contribution in [0.4, 0.5) is 13.2 Å².